The van der Waals surface area contributed by atoms with Gasteiger partial charge in [-0.1, -0.05) is 42.0 Å². The molecule has 2 fully saturated rings. The molecule has 3 heterocycles. The number of piperidine rings is 1. The van der Waals surface area contributed by atoms with Gasteiger partial charge in [0.2, 0.25) is 11.0 Å². The van der Waals surface area contributed by atoms with Crippen LogP contribution in [0.4, 0.5) is 5.13 Å². The number of aromatic nitrogens is 2. The van der Waals surface area contributed by atoms with Gasteiger partial charge in [0.1, 0.15) is 5.01 Å². The maximum absolute atomic E-state index is 12.6. The predicted octanol–water partition coefficient (Wildman–Crippen LogP) is 3.77. The molecule has 0 N–H and O–H groups in total. The van der Waals surface area contributed by atoms with E-state index in [0.29, 0.717) is 13.0 Å². The molecule has 1 aromatic carbocycles. The molecule has 1 spiro atoms. The third kappa shape index (κ3) is 3.58. The number of nitrogens with zero attached hydrogens (tertiary/aromatic N) is 4. The molecule has 138 valence electrons. The average molecular weight is 391 g/mol. The van der Waals surface area contributed by atoms with Crippen molar-refractivity contribution in [2.24, 2.45) is 5.41 Å². The van der Waals surface area contributed by atoms with E-state index < -0.39 is 0 Å². The van der Waals surface area contributed by atoms with Gasteiger partial charge in [-0.25, -0.2) is 0 Å². The number of likely N-dealkylation sites (tertiary alicyclic amines) is 1. The van der Waals surface area contributed by atoms with E-state index in [2.05, 4.69) is 22.0 Å². The van der Waals surface area contributed by atoms with Crippen LogP contribution in [0.15, 0.2) is 24.3 Å². The Morgan fingerprint density at radius 1 is 1.19 bits per heavy atom. The van der Waals surface area contributed by atoms with E-state index in [9.17, 15) is 4.79 Å². The van der Waals surface area contributed by atoms with Gasteiger partial charge in [0.25, 0.3) is 0 Å². The molecule has 5 nitrogen and oxygen atoms in total. The smallest absolute Gasteiger partial charge is 0.223 e. The molecule has 0 aliphatic carbocycles. The van der Waals surface area contributed by atoms with E-state index in [1.54, 1.807) is 11.3 Å². The number of hydrogen-bond donors (Lipinski definition) is 0. The standard InChI is InChI=1S/C19H23ClN4OS/c1-2-16-21-22-18(26-16)23-9-7-19(8-10-23)11-17(25)24(13-19)12-14-3-5-15(20)6-4-14/h3-6H,2,7-13H2,1H3. The van der Waals surface area contributed by atoms with Crippen molar-refractivity contribution in [3.8, 4) is 0 Å². The molecule has 1 aromatic heterocycles. The number of anilines is 1. The number of amides is 1. The van der Waals surface area contributed by atoms with Crippen LogP contribution in [0.1, 0.15) is 36.8 Å². The van der Waals surface area contributed by atoms with Crippen LogP contribution >= 0.6 is 22.9 Å². The van der Waals surface area contributed by atoms with Crippen LogP contribution in [-0.2, 0) is 17.8 Å². The van der Waals surface area contributed by atoms with Gasteiger partial charge in [0.15, 0.2) is 0 Å². The minimum atomic E-state index is 0.123. The quantitative estimate of drug-likeness (QED) is 0.797. The highest BCUT2D eigenvalue weighted by molar-refractivity contribution is 7.15. The zero-order valence-electron chi connectivity index (χ0n) is 14.9. The predicted molar refractivity (Wildman–Crippen MR) is 105 cm³/mol. The number of halogens is 1. The molecule has 0 unspecified atom stereocenters. The van der Waals surface area contributed by atoms with Crippen molar-refractivity contribution in [3.05, 3.63) is 39.9 Å². The summed E-state index contributed by atoms with van der Waals surface area (Å²) in [5.74, 6) is 0.276. The van der Waals surface area contributed by atoms with Crippen LogP contribution in [0.2, 0.25) is 5.02 Å². The fraction of sp³-hybridized carbons (Fsp3) is 0.526. The van der Waals surface area contributed by atoms with Gasteiger partial charge < -0.3 is 9.80 Å². The Hall–Kier alpha value is -1.66. The van der Waals surface area contributed by atoms with Crippen LogP contribution in [0.5, 0.6) is 0 Å². The van der Waals surface area contributed by atoms with Crippen LogP contribution in [0.3, 0.4) is 0 Å². The van der Waals surface area contributed by atoms with Gasteiger partial charge in [-0.05, 0) is 37.0 Å². The van der Waals surface area contributed by atoms with Crippen LogP contribution < -0.4 is 4.90 Å². The van der Waals surface area contributed by atoms with Crippen molar-refractivity contribution < 1.29 is 4.79 Å². The molecule has 4 rings (SSSR count). The minimum absolute atomic E-state index is 0.123. The van der Waals surface area contributed by atoms with E-state index in [-0.39, 0.29) is 11.3 Å². The van der Waals surface area contributed by atoms with Crippen molar-refractivity contribution in [1.29, 1.82) is 0 Å². The molecule has 0 saturated carbocycles. The third-order valence-electron chi connectivity index (χ3n) is 5.55. The molecule has 7 heteroatoms. The van der Waals surface area contributed by atoms with Crippen molar-refractivity contribution in [1.82, 2.24) is 15.1 Å². The summed E-state index contributed by atoms with van der Waals surface area (Å²) in [6.45, 7) is 5.56. The SMILES string of the molecule is CCc1nnc(N2CCC3(CC2)CC(=O)N(Cc2ccc(Cl)cc2)C3)s1. The number of carbonyl (C=O) groups is 1. The van der Waals surface area contributed by atoms with Gasteiger partial charge in [-0.2, -0.15) is 0 Å². The second-order valence-corrected chi connectivity index (χ2v) is 8.85. The molecular formula is C19H23ClN4OS. The Morgan fingerprint density at radius 3 is 2.58 bits per heavy atom. The van der Waals surface area contributed by atoms with E-state index >= 15 is 0 Å². The lowest BCUT2D eigenvalue weighted by atomic mass is 9.78. The zero-order chi connectivity index (χ0) is 18.1. The summed E-state index contributed by atoms with van der Waals surface area (Å²) >= 11 is 7.64. The lowest BCUT2D eigenvalue weighted by Crippen LogP contribution is -2.41. The summed E-state index contributed by atoms with van der Waals surface area (Å²) in [6.07, 6.45) is 3.68. The average Bonchev–Trinajstić information content (AvgIpc) is 3.23. The normalized spacial score (nSPS) is 19.5. The monoisotopic (exact) mass is 390 g/mol. The Morgan fingerprint density at radius 2 is 1.92 bits per heavy atom. The highest BCUT2D eigenvalue weighted by Gasteiger charge is 2.45. The third-order valence-corrected chi connectivity index (χ3v) is 6.93. The Bertz CT molecular complexity index is 783. The summed E-state index contributed by atoms with van der Waals surface area (Å²) in [5.41, 5.74) is 1.26. The van der Waals surface area contributed by atoms with Gasteiger partial charge in [0, 0.05) is 43.0 Å². The fourth-order valence-corrected chi connectivity index (χ4v) is 4.91. The van der Waals surface area contributed by atoms with Gasteiger partial charge >= 0.3 is 0 Å². The van der Waals surface area contributed by atoms with Crippen molar-refractivity contribution in [2.45, 2.75) is 39.2 Å². The Kier molecular flexibility index (Phi) is 4.88. The van der Waals surface area contributed by atoms with E-state index in [1.165, 1.54) is 0 Å². The number of rotatable bonds is 4. The minimum Gasteiger partial charge on any atom is -0.347 e. The maximum atomic E-state index is 12.6. The molecule has 2 aromatic rings. The number of benzene rings is 1. The maximum Gasteiger partial charge on any atom is 0.223 e. The first-order chi connectivity index (χ1) is 12.6. The molecule has 0 radical (unpaired) electrons. The highest BCUT2D eigenvalue weighted by atomic mass is 35.5. The summed E-state index contributed by atoms with van der Waals surface area (Å²) in [5, 5.41) is 11.4. The Balaban J connectivity index is 1.38. The molecular weight excluding hydrogens is 368 g/mol. The lowest BCUT2D eigenvalue weighted by Gasteiger charge is -2.38. The van der Waals surface area contributed by atoms with Crippen LogP contribution in [-0.4, -0.2) is 40.6 Å². The number of aryl methyl sites for hydroxylation is 1. The second kappa shape index (κ2) is 7.16. The first-order valence-corrected chi connectivity index (χ1v) is 10.4. The van der Waals surface area contributed by atoms with Gasteiger partial charge in [-0.3, -0.25) is 4.79 Å². The molecule has 0 atom stereocenters. The molecule has 2 aliphatic rings. The van der Waals surface area contributed by atoms with E-state index in [4.69, 9.17) is 11.6 Å². The van der Waals surface area contributed by atoms with Crippen LogP contribution in [0, 0.1) is 5.41 Å². The van der Waals surface area contributed by atoms with Crippen LogP contribution in [0.25, 0.3) is 0 Å². The second-order valence-electron chi connectivity index (χ2n) is 7.37. The Labute approximate surface area is 163 Å². The van der Waals surface area contributed by atoms with Gasteiger partial charge in [-0.15, -0.1) is 10.2 Å². The topological polar surface area (TPSA) is 49.3 Å². The summed E-state index contributed by atoms with van der Waals surface area (Å²) < 4.78 is 0. The van der Waals surface area contributed by atoms with Crippen molar-refractivity contribution >= 4 is 34.0 Å². The molecule has 1 amide bonds. The summed E-state index contributed by atoms with van der Waals surface area (Å²) in [6, 6.07) is 7.78. The molecule has 26 heavy (non-hydrogen) atoms. The highest BCUT2D eigenvalue weighted by Crippen LogP contribution is 2.42. The van der Waals surface area contributed by atoms with Crippen molar-refractivity contribution in [3.63, 3.8) is 0 Å². The number of carbonyl (C=O) groups excluding carboxylic acids is 1. The van der Waals surface area contributed by atoms with E-state index in [0.717, 1.165) is 59.6 Å². The lowest BCUT2D eigenvalue weighted by molar-refractivity contribution is -0.128. The summed E-state index contributed by atoms with van der Waals surface area (Å²) in [4.78, 5) is 16.9. The van der Waals surface area contributed by atoms with Crippen molar-refractivity contribution in [2.75, 3.05) is 24.5 Å². The largest absolute Gasteiger partial charge is 0.347 e. The first kappa shape index (κ1) is 17.7. The summed E-state index contributed by atoms with van der Waals surface area (Å²) in [7, 11) is 0. The number of hydrogen-bond acceptors (Lipinski definition) is 5. The molecule has 2 aliphatic heterocycles. The van der Waals surface area contributed by atoms with E-state index in [1.807, 2.05) is 29.2 Å². The molecule has 0 bridgehead atoms. The fourth-order valence-electron chi connectivity index (χ4n) is 3.96. The first-order valence-electron chi connectivity index (χ1n) is 9.16. The van der Waals surface area contributed by atoms with Gasteiger partial charge in [0.05, 0.1) is 0 Å². The zero-order valence-corrected chi connectivity index (χ0v) is 16.5. The molecule has 2 saturated heterocycles.